The molecule has 6 nitrogen and oxygen atoms in total. The number of hydrogen-bond donors (Lipinski definition) is 1. The van der Waals surface area contributed by atoms with Gasteiger partial charge in [0.2, 0.25) is 5.91 Å². The summed E-state index contributed by atoms with van der Waals surface area (Å²) >= 11 is 0. The van der Waals surface area contributed by atoms with Gasteiger partial charge in [-0.1, -0.05) is 55.0 Å². The summed E-state index contributed by atoms with van der Waals surface area (Å²) in [4.78, 5) is 18.2. The summed E-state index contributed by atoms with van der Waals surface area (Å²) in [6, 6.07) is 21.7. The first-order valence-electron chi connectivity index (χ1n) is 10.5. The molecule has 0 saturated heterocycles. The van der Waals surface area contributed by atoms with Crippen LogP contribution in [-0.2, 0) is 14.8 Å². The molecule has 0 bridgehead atoms. The normalized spacial score (nSPS) is 15.9. The Hall–Kier alpha value is -3.58. The zero-order valence-corrected chi connectivity index (χ0v) is 18.6. The summed E-state index contributed by atoms with van der Waals surface area (Å²) < 4.78 is 29.4. The first-order chi connectivity index (χ1) is 15.4. The van der Waals surface area contributed by atoms with Crippen LogP contribution < -0.4 is 9.21 Å². The number of rotatable bonds is 4. The van der Waals surface area contributed by atoms with Crippen molar-refractivity contribution in [1.29, 1.82) is 0 Å². The van der Waals surface area contributed by atoms with Crippen molar-refractivity contribution in [2.75, 3.05) is 9.21 Å². The number of para-hydroxylation sites is 3. The Morgan fingerprint density at radius 1 is 0.938 bits per heavy atom. The summed E-state index contributed by atoms with van der Waals surface area (Å²) in [5.41, 5.74) is 3.67. The molecule has 1 amide bonds. The summed E-state index contributed by atoms with van der Waals surface area (Å²) in [6.07, 6.45) is 1.22. The van der Waals surface area contributed by atoms with E-state index in [-0.39, 0.29) is 17.2 Å². The number of aromatic nitrogens is 1. The predicted molar refractivity (Wildman–Crippen MR) is 126 cm³/mol. The maximum atomic E-state index is 14.0. The van der Waals surface area contributed by atoms with Gasteiger partial charge < -0.3 is 4.98 Å². The number of aromatic amines is 1. The van der Waals surface area contributed by atoms with E-state index in [0.29, 0.717) is 11.4 Å². The Balaban J connectivity index is 1.79. The van der Waals surface area contributed by atoms with E-state index in [0.717, 1.165) is 22.0 Å². The fraction of sp³-hybridized carbons (Fsp3) is 0.160. The molecule has 3 aromatic carbocycles. The minimum atomic E-state index is -3.96. The monoisotopic (exact) mass is 445 g/mol. The van der Waals surface area contributed by atoms with E-state index in [2.05, 4.69) is 4.98 Å². The molecular weight excluding hydrogens is 422 g/mol. The number of H-pyrrole nitrogens is 1. The van der Waals surface area contributed by atoms with Gasteiger partial charge in [-0.2, -0.15) is 0 Å². The van der Waals surface area contributed by atoms with Crippen molar-refractivity contribution in [3.63, 3.8) is 0 Å². The third-order valence-corrected chi connectivity index (χ3v) is 7.68. The molecule has 0 fully saturated rings. The van der Waals surface area contributed by atoms with E-state index >= 15 is 0 Å². The van der Waals surface area contributed by atoms with E-state index in [1.165, 1.54) is 4.31 Å². The molecule has 1 aliphatic rings. The molecule has 2 heterocycles. The summed E-state index contributed by atoms with van der Waals surface area (Å²) in [5.74, 6) is -0.144. The van der Waals surface area contributed by atoms with Crippen molar-refractivity contribution < 1.29 is 13.2 Å². The van der Waals surface area contributed by atoms with E-state index in [9.17, 15) is 13.2 Å². The molecule has 1 atom stereocenters. The highest BCUT2D eigenvalue weighted by Gasteiger charge is 2.46. The number of nitrogens with zero attached hydrogens (tertiary/aromatic N) is 2. The van der Waals surface area contributed by atoms with Crippen molar-refractivity contribution in [3.8, 4) is 0 Å². The lowest BCUT2D eigenvalue weighted by atomic mass is 10.1. The number of fused-ring (bicyclic) bond motifs is 2. The lowest BCUT2D eigenvalue weighted by Crippen LogP contribution is -2.42. The Morgan fingerprint density at radius 2 is 1.59 bits per heavy atom. The van der Waals surface area contributed by atoms with Gasteiger partial charge in [-0.25, -0.2) is 12.7 Å². The molecule has 0 saturated carbocycles. The Bertz CT molecular complexity index is 1420. The van der Waals surface area contributed by atoms with Crippen LogP contribution in [0.1, 0.15) is 30.6 Å². The van der Waals surface area contributed by atoms with Crippen molar-refractivity contribution >= 4 is 38.2 Å². The Labute approximate surface area is 187 Å². The number of carbonyl (C=O) groups excluding carboxylic acids is 1. The SMILES string of the molecule is CCC(=O)N1c2ccccc2N(S(=O)(=O)c2ccc(C)cc2)C1c1c[nH]c2ccccc12. The van der Waals surface area contributed by atoms with Gasteiger partial charge in [-0.05, 0) is 37.3 Å². The number of carbonyl (C=O) groups is 1. The number of anilines is 2. The zero-order chi connectivity index (χ0) is 22.5. The number of aryl methyl sites for hydroxylation is 1. The molecule has 7 heteroatoms. The molecule has 32 heavy (non-hydrogen) atoms. The number of benzene rings is 3. The van der Waals surface area contributed by atoms with Crippen molar-refractivity contribution in [2.24, 2.45) is 0 Å². The van der Waals surface area contributed by atoms with E-state index in [4.69, 9.17) is 0 Å². The second-order valence-electron chi connectivity index (χ2n) is 7.88. The van der Waals surface area contributed by atoms with E-state index in [1.54, 1.807) is 60.5 Å². The highest BCUT2D eigenvalue weighted by atomic mass is 32.2. The zero-order valence-electron chi connectivity index (χ0n) is 17.8. The van der Waals surface area contributed by atoms with Crippen molar-refractivity contribution in [2.45, 2.75) is 31.3 Å². The highest BCUT2D eigenvalue weighted by Crippen LogP contribution is 2.50. The van der Waals surface area contributed by atoms with Crippen molar-refractivity contribution in [3.05, 3.63) is 90.1 Å². The number of sulfonamides is 1. The van der Waals surface area contributed by atoms with Gasteiger partial charge in [0.15, 0.2) is 6.17 Å². The van der Waals surface area contributed by atoms with Gasteiger partial charge in [0, 0.05) is 29.1 Å². The quantitative estimate of drug-likeness (QED) is 0.473. The molecule has 1 unspecified atom stereocenters. The van der Waals surface area contributed by atoms with Crippen molar-refractivity contribution in [1.82, 2.24) is 4.98 Å². The smallest absolute Gasteiger partial charge is 0.266 e. The van der Waals surface area contributed by atoms with Crippen LogP contribution in [0.5, 0.6) is 0 Å². The maximum absolute atomic E-state index is 14.0. The maximum Gasteiger partial charge on any atom is 0.266 e. The van der Waals surface area contributed by atoms with Crippen LogP contribution in [-0.4, -0.2) is 19.3 Å². The van der Waals surface area contributed by atoms with Crippen LogP contribution in [0, 0.1) is 6.92 Å². The lowest BCUT2D eigenvalue weighted by Gasteiger charge is -2.31. The summed E-state index contributed by atoms with van der Waals surface area (Å²) in [6.45, 7) is 3.70. The standard InChI is InChI=1S/C25H23N3O3S/c1-3-24(29)27-22-10-6-7-11-23(22)28(32(30,31)18-14-12-17(2)13-15-18)25(27)20-16-26-21-9-5-4-8-19(20)21/h4-16,25-26H,3H2,1-2H3. The number of hydrogen-bond acceptors (Lipinski definition) is 3. The van der Waals surface area contributed by atoms with Gasteiger partial charge in [-0.15, -0.1) is 0 Å². The predicted octanol–water partition coefficient (Wildman–Crippen LogP) is 5.13. The number of amides is 1. The van der Waals surface area contributed by atoms with E-state index in [1.807, 2.05) is 37.3 Å². The summed E-state index contributed by atoms with van der Waals surface area (Å²) in [5, 5.41) is 0.878. The van der Waals surface area contributed by atoms with Crippen LogP contribution in [0.25, 0.3) is 10.9 Å². The topological polar surface area (TPSA) is 73.5 Å². The third kappa shape index (κ3) is 3.00. The average molecular weight is 446 g/mol. The molecule has 0 radical (unpaired) electrons. The van der Waals surface area contributed by atoms with Gasteiger partial charge in [0.05, 0.1) is 16.3 Å². The third-order valence-electron chi connectivity index (χ3n) is 5.89. The van der Waals surface area contributed by atoms with Gasteiger partial charge >= 0.3 is 0 Å². The Morgan fingerprint density at radius 3 is 2.31 bits per heavy atom. The van der Waals surface area contributed by atoms with E-state index < -0.39 is 16.2 Å². The molecule has 4 aromatic rings. The molecular formula is C25H23N3O3S. The Kier molecular flexibility index (Phi) is 4.78. The van der Waals surface area contributed by atoms with Crippen LogP contribution >= 0.6 is 0 Å². The second-order valence-corrected chi connectivity index (χ2v) is 9.70. The minimum Gasteiger partial charge on any atom is -0.361 e. The lowest BCUT2D eigenvalue weighted by molar-refractivity contribution is -0.118. The fourth-order valence-electron chi connectivity index (χ4n) is 4.32. The number of nitrogens with one attached hydrogen (secondary N) is 1. The summed E-state index contributed by atoms with van der Waals surface area (Å²) in [7, 11) is -3.96. The second kappa shape index (κ2) is 7.53. The first kappa shape index (κ1) is 20.3. The molecule has 1 N–H and O–H groups in total. The van der Waals surface area contributed by atoms with Crippen LogP contribution in [0.4, 0.5) is 11.4 Å². The highest BCUT2D eigenvalue weighted by molar-refractivity contribution is 7.92. The average Bonchev–Trinajstić information content (AvgIpc) is 3.38. The molecule has 1 aliphatic heterocycles. The first-order valence-corrected chi connectivity index (χ1v) is 12.0. The molecule has 5 rings (SSSR count). The molecule has 0 aliphatic carbocycles. The minimum absolute atomic E-state index is 0.144. The largest absolute Gasteiger partial charge is 0.361 e. The van der Waals surface area contributed by atoms with Gasteiger partial charge in [-0.3, -0.25) is 9.69 Å². The van der Waals surface area contributed by atoms with Crippen LogP contribution in [0.15, 0.2) is 83.9 Å². The fourth-order valence-corrected chi connectivity index (χ4v) is 5.91. The van der Waals surface area contributed by atoms with Gasteiger partial charge in [0.25, 0.3) is 10.0 Å². The molecule has 162 valence electrons. The molecule has 1 aromatic heterocycles. The van der Waals surface area contributed by atoms with Crippen LogP contribution in [0.3, 0.4) is 0 Å². The molecule has 0 spiro atoms. The van der Waals surface area contributed by atoms with Crippen LogP contribution in [0.2, 0.25) is 0 Å². The van der Waals surface area contributed by atoms with Gasteiger partial charge in [0.1, 0.15) is 0 Å².